The molecule has 1 aliphatic carbocycles. The summed E-state index contributed by atoms with van der Waals surface area (Å²) in [6.07, 6.45) is 4.40. The first-order chi connectivity index (χ1) is 9.54. The van der Waals surface area contributed by atoms with Crippen molar-refractivity contribution in [2.24, 2.45) is 11.7 Å². The van der Waals surface area contributed by atoms with Gasteiger partial charge in [-0.1, -0.05) is 24.3 Å². The molecule has 0 saturated carbocycles. The number of carbonyl (C=O) groups excluding carboxylic acids is 2. The molecule has 0 heterocycles. The van der Waals surface area contributed by atoms with E-state index in [0.717, 1.165) is 11.3 Å². The lowest BCUT2D eigenvalue weighted by atomic mass is 10.1. The van der Waals surface area contributed by atoms with Crippen molar-refractivity contribution in [1.82, 2.24) is 5.32 Å². The van der Waals surface area contributed by atoms with Crippen LogP contribution in [0.1, 0.15) is 18.9 Å². The average Bonchev–Trinajstić information content (AvgIpc) is 2.84. The summed E-state index contributed by atoms with van der Waals surface area (Å²) in [6, 6.07) is 7.37. The van der Waals surface area contributed by atoms with Gasteiger partial charge in [-0.25, -0.2) is 0 Å². The van der Waals surface area contributed by atoms with Crippen LogP contribution in [0.15, 0.2) is 36.4 Å². The molecule has 0 aromatic heterocycles. The monoisotopic (exact) mass is 273 g/mol. The van der Waals surface area contributed by atoms with Gasteiger partial charge in [-0.3, -0.25) is 9.59 Å². The molecule has 5 nitrogen and oxygen atoms in total. The summed E-state index contributed by atoms with van der Waals surface area (Å²) in [5.41, 5.74) is 7.46. The van der Waals surface area contributed by atoms with Crippen LogP contribution >= 0.6 is 0 Å². The zero-order valence-corrected chi connectivity index (χ0v) is 11.4. The fourth-order valence-corrected chi connectivity index (χ4v) is 2.15. The van der Waals surface area contributed by atoms with Crippen LogP contribution in [0.4, 0.5) is 5.69 Å². The van der Waals surface area contributed by atoms with Gasteiger partial charge in [0.2, 0.25) is 11.8 Å². The third-order valence-electron chi connectivity index (χ3n) is 3.19. The molecule has 0 aliphatic heterocycles. The Bertz CT molecular complexity index is 522. The molecule has 2 amide bonds. The number of amides is 2. The van der Waals surface area contributed by atoms with Crippen LogP contribution in [-0.2, 0) is 16.1 Å². The Morgan fingerprint density at radius 1 is 1.25 bits per heavy atom. The second-order valence-electron chi connectivity index (χ2n) is 4.99. The van der Waals surface area contributed by atoms with Gasteiger partial charge >= 0.3 is 0 Å². The first-order valence-electron chi connectivity index (χ1n) is 6.63. The van der Waals surface area contributed by atoms with Gasteiger partial charge in [0, 0.05) is 25.2 Å². The Hall–Kier alpha value is -2.14. The Morgan fingerprint density at radius 3 is 2.50 bits per heavy atom. The van der Waals surface area contributed by atoms with E-state index in [9.17, 15) is 9.59 Å². The molecule has 0 spiro atoms. The highest BCUT2D eigenvalue weighted by molar-refractivity contribution is 5.88. The van der Waals surface area contributed by atoms with Gasteiger partial charge in [0.25, 0.3) is 0 Å². The molecule has 0 fully saturated rings. The fraction of sp³-hybridized carbons (Fsp3) is 0.333. The number of nitrogens with one attached hydrogen (secondary N) is 2. The number of carbonyl (C=O) groups is 2. The van der Waals surface area contributed by atoms with E-state index in [2.05, 4.69) is 10.6 Å². The van der Waals surface area contributed by atoms with E-state index in [1.54, 1.807) is 0 Å². The van der Waals surface area contributed by atoms with Crippen molar-refractivity contribution < 1.29 is 9.59 Å². The van der Waals surface area contributed by atoms with Crippen LogP contribution in [0.3, 0.4) is 0 Å². The Morgan fingerprint density at radius 2 is 1.95 bits per heavy atom. The summed E-state index contributed by atoms with van der Waals surface area (Å²) < 4.78 is 0. The van der Waals surface area contributed by atoms with E-state index < -0.39 is 0 Å². The van der Waals surface area contributed by atoms with E-state index in [1.165, 1.54) is 6.92 Å². The molecule has 2 atom stereocenters. The summed E-state index contributed by atoms with van der Waals surface area (Å²) in [4.78, 5) is 22.8. The highest BCUT2D eigenvalue weighted by Crippen LogP contribution is 2.16. The molecular weight excluding hydrogens is 254 g/mol. The van der Waals surface area contributed by atoms with Gasteiger partial charge in [0.05, 0.1) is 5.92 Å². The predicted octanol–water partition coefficient (Wildman–Crippen LogP) is 1.16. The normalized spacial score (nSPS) is 20.7. The van der Waals surface area contributed by atoms with Crippen molar-refractivity contribution in [2.45, 2.75) is 25.9 Å². The number of anilines is 1. The molecule has 2 rings (SSSR count). The molecule has 1 aliphatic rings. The molecule has 1 aromatic rings. The van der Waals surface area contributed by atoms with Gasteiger partial charge in [0.1, 0.15) is 0 Å². The van der Waals surface area contributed by atoms with Crippen LogP contribution in [0.25, 0.3) is 0 Å². The van der Waals surface area contributed by atoms with Gasteiger partial charge < -0.3 is 16.4 Å². The minimum absolute atomic E-state index is 0.000127. The van der Waals surface area contributed by atoms with Crippen LogP contribution in [0.2, 0.25) is 0 Å². The van der Waals surface area contributed by atoms with E-state index in [-0.39, 0.29) is 23.8 Å². The smallest absolute Gasteiger partial charge is 0.227 e. The van der Waals surface area contributed by atoms with Gasteiger partial charge in [-0.05, 0) is 24.1 Å². The van der Waals surface area contributed by atoms with Crippen LogP contribution in [-0.4, -0.2) is 17.9 Å². The van der Waals surface area contributed by atoms with Crippen molar-refractivity contribution in [3.63, 3.8) is 0 Å². The third kappa shape index (κ3) is 3.93. The molecule has 2 unspecified atom stereocenters. The van der Waals surface area contributed by atoms with Crippen molar-refractivity contribution in [3.05, 3.63) is 42.0 Å². The average molecular weight is 273 g/mol. The maximum absolute atomic E-state index is 11.9. The molecule has 4 N–H and O–H groups in total. The summed E-state index contributed by atoms with van der Waals surface area (Å²) in [7, 11) is 0. The molecular formula is C15H19N3O2. The highest BCUT2D eigenvalue weighted by Gasteiger charge is 2.22. The summed E-state index contributed by atoms with van der Waals surface area (Å²) in [6.45, 7) is 1.94. The Labute approximate surface area is 118 Å². The maximum atomic E-state index is 11.9. The highest BCUT2D eigenvalue weighted by atomic mass is 16.2. The lowest BCUT2D eigenvalue weighted by Crippen LogP contribution is -2.30. The topological polar surface area (TPSA) is 84.2 Å². The number of hydrogen-bond donors (Lipinski definition) is 3. The van der Waals surface area contributed by atoms with Crippen molar-refractivity contribution in [1.29, 1.82) is 0 Å². The van der Waals surface area contributed by atoms with Gasteiger partial charge in [-0.2, -0.15) is 0 Å². The lowest BCUT2D eigenvalue weighted by Gasteiger charge is -2.11. The van der Waals surface area contributed by atoms with Crippen molar-refractivity contribution >= 4 is 17.5 Å². The second-order valence-corrected chi connectivity index (χ2v) is 4.99. The standard InChI is InChI=1S/C15H19N3O2/c1-10(19)18-14-6-2-11(3-7-14)9-17-15(20)12-4-5-13(16)8-12/h2-7,12-13H,8-9,16H2,1H3,(H,17,20)(H,18,19). The van der Waals surface area contributed by atoms with Crippen molar-refractivity contribution in [2.75, 3.05) is 5.32 Å². The lowest BCUT2D eigenvalue weighted by molar-refractivity contribution is -0.123. The van der Waals surface area contributed by atoms with E-state index in [4.69, 9.17) is 5.73 Å². The van der Waals surface area contributed by atoms with Crippen LogP contribution in [0.5, 0.6) is 0 Å². The van der Waals surface area contributed by atoms with Gasteiger partial charge in [-0.15, -0.1) is 0 Å². The second kappa shape index (κ2) is 6.34. The third-order valence-corrected chi connectivity index (χ3v) is 3.19. The van der Waals surface area contributed by atoms with E-state index >= 15 is 0 Å². The van der Waals surface area contributed by atoms with Gasteiger partial charge in [0.15, 0.2) is 0 Å². The maximum Gasteiger partial charge on any atom is 0.227 e. The number of benzene rings is 1. The summed E-state index contributed by atoms with van der Waals surface area (Å²) in [5.74, 6) is -0.223. The minimum atomic E-state index is -0.122. The summed E-state index contributed by atoms with van der Waals surface area (Å²) >= 11 is 0. The fourth-order valence-electron chi connectivity index (χ4n) is 2.15. The first kappa shape index (κ1) is 14.3. The van der Waals surface area contributed by atoms with Crippen LogP contribution < -0.4 is 16.4 Å². The largest absolute Gasteiger partial charge is 0.352 e. The molecule has 5 heteroatoms. The zero-order valence-electron chi connectivity index (χ0n) is 11.4. The molecule has 106 valence electrons. The number of hydrogen-bond acceptors (Lipinski definition) is 3. The van der Waals surface area contributed by atoms with E-state index in [0.29, 0.717) is 13.0 Å². The molecule has 0 radical (unpaired) electrons. The van der Waals surface area contributed by atoms with E-state index in [1.807, 2.05) is 36.4 Å². The molecule has 0 bridgehead atoms. The Kier molecular flexibility index (Phi) is 4.53. The van der Waals surface area contributed by atoms with Crippen molar-refractivity contribution in [3.8, 4) is 0 Å². The SMILES string of the molecule is CC(=O)Nc1ccc(CNC(=O)C2C=CC(N)C2)cc1. The minimum Gasteiger partial charge on any atom is -0.352 e. The Balaban J connectivity index is 1.83. The van der Waals surface area contributed by atoms with Crippen LogP contribution in [0, 0.1) is 5.92 Å². The molecule has 0 saturated heterocycles. The number of nitrogens with two attached hydrogens (primary N) is 1. The zero-order chi connectivity index (χ0) is 14.5. The molecule has 20 heavy (non-hydrogen) atoms. The molecule has 1 aromatic carbocycles. The predicted molar refractivity (Wildman–Crippen MR) is 77.8 cm³/mol. The quantitative estimate of drug-likeness (QED) is 0.720. The first-order valence-corrected chi connectivity index (χ1v) is 6.63. The summed E-state index contributed by atoms with van der Waals surface area (Å²) in [5, 5.41) is 5.59. The number of rotatable bonds is 4.